The first-order valence-electron chi connectivity index (χ1n) is 8.02. The molecule has 0 bridgehead atoms. The number of rotatable bonds is 5. The number of esters is 2. The summed E-state index contributed by atoms with van der Waals surface area (Å²) < 4.78 is 10.1. The molecule has 0 aliphatic carbocycles. The molecule has 0 aliphatic heterocycles. The van der Waals surface area contributed by atoms with Gasteiger partial charge in [0.15, 0.2) is 11.9 Å². The monoisotopic (exact) mass is 342 g/mol. The van der Waals surface area contributed by atoms with Gasteiger partial charge in [-0.1, -0.05) is 42.5 Å². The van der Waals surface area contributed by atoms with E-state index in [1.165, 1.54) is 7.11 Å². The zero-order chi connectivity index (χ0) is 18.6. The quantitative estimate of drug-likeness (QED) is 0.613. The summed E-state index contributed by atoms with van der Waals surface area (Å²) in [5, 5.41) is 1.72. The lowest BCUT2D eigenvalue weighted by Gasteiger charge is -2.23. The average molecular weight is 342 g/mol. The molecule has 1 atom stereocenters. The van der Waals surface area contributed by atoms with Crippen LogP contribution in [0.25, 0.3) is 10.8 Å². The van der Waals surface area contributed by atoms with Gasteiger partial charge in [0.25, 0.3) is 0 Å². The third-order valence-corrected chi connectivity index (χ3v) is 3.78. The molecule has 2 aromatic rings. The molecule has 2 rings (SSSR count). The molecular formula is C20H22O5. The SMILES string of the molecule is COC(=O)CC(=O)C(OC(=O)C(C)(C)C)c1cccc2ccccc12. The Hall–Kier alpha value is -2.69. The summed E-state index contributed by atoms with van der Waals surface area (Å²) in [5.41, 5.74) is -0.210. The van der Waals surface area contributed by atoms with Crippen molar-refractivity contribution in [2.45, 2.75) is 33.3 Å². The van der Waals surface area contributed by atoms with E-state index in [4.69, 9.17) is 4.74 Å². The fraction of sp³-hybridized carbons (Fsp3) is 0.350. The number of hydrogen-bond acceptors (Lipinski definition) is 5. The van der Waals surface area contributed by atoms with Crippen molar-refractivity contribution in [3.63, 3.8) is 0 Å². The van der Waals surface area contributed by atoms with Crippen LogP contribution < -0.4 is 0 Å². The van der Waals surface area contributed by atoms with Crippen molar-refractivity contribution in [1.29, 1.82) is 0 Å². The number of carbonyl (C=O) groups excluding carboxylic acids is 3. The number of benzene rings is 2. The second kappa shape index (κ2) is 7.47. The average Bonchev–Trinajstić information content (AvgIpc) is 2.57. The van der Waals surface area contributed by atoms with E-state index in [2.05, 4.69) is 4.74 Å². The second-order valence-corrected chi connectivity index (χ2v) is 6.82. The number of ether oxygens (including phenoxy) is 2. The molecule has 0 aliphatic rings. The van der Waals surface area contributed by atoms with Gasteiger partial charge in [0.2, 0.25) is 0 Å². The number of fused-ring (bicyclic) bond motifs is 1. The van der Waals surface area contributed by atoms with E-state index in [-0.39, 0.29) is 0 Å². The topological polar surface area (TPSA) is 69.7 Å². The summed E-state index contributed by atoms with van der Waals surface area (Å²) in [5.74, 6) is -1.69. The van der Waals surface area contributed by atoms with E-state index >= 15 is 0 Å². The van der Waals surface area contributed by atoms with Gasteiger partial charge in [-0.25, -0.2) is 0 Å². The molecule has 0 aromatic heterocycles. The summed E-state index contributed by atoms with van der Waals surface area (Å²) >= 11 is 0. The van der Waals surface area contributed by atoms with Crippen LogP contribution in [-0.2, 0) is 23.9 Å². The number of ketones is 1. The standard InChI is InChI=1S/C20H22O5/c1-20(2,3)19(23)25-18(16(21)12-17(22)24-4)15-11-7-9-13-8-5-6-10-14(13)15/h5-11,18H,12H2,1-4H3. The third-order valence-electron chi connectivity index (χ3n) is 3.78. The highest BCUT2D eigenvalue weighted by Gasteiger charge is 2.32. The van der Waals surface area contributed by atoms with Gasteiger partial charge in [0.05, 0.1) is 12.5 Å². The molecule has 5 nitrogen and oxygen atoms in total. The minimum Gasteiger partial charge on any atom is -0.469 e. The maximum Gasteiger partial charge on any atom is 0.313 e. The van der Waals surface area contributed by atoms with Crippen LogP contribution in [0.15, 0.2) is 42.5 Å². The lowest BCUT2D eigenvalue weighted by molar-refractivity contribution is -0.164. The van der Waals surface area contributed by atoms with Gasteiger partial charge >= 0.3 is 11.9 Å². The number of Topliss-reactive ketones (excluding diaryl/α,β-unsaturated/α-hetero) is 1. The molecule has 0 N–H and O–H groups in total. The molecule has 0 radical (unpaired) electrons. The predicted molar refractivity (Wildman–Crippen MR) is 93.9 cm³/mol. The van der Waals surface area contributed by atoms with E-state index in [0.29, 0.717) is 5.56 Å². The lowest BCUT2D eigenvalue weighted by Crippen LogP contribution is -2.29. The summed E-state index contributed by atoms with van der Waals surface area (Å²) in [6, 6.07) is 12.9. The molecule has 0 fully saturated rings. The third kappa shape index (κ3) is 4.44. The first kappa shape index (κ1) is 18.6. The molecule has 25 heavy (non-hydrogen) atoms. The van der Waals surface area contributed by atoms with Crippen molar-refractivity contribution in [2.24, 2.45) is 5.41 Å². The molecule has 0 saturated heterocycles. The summed E-state index contributed by atoms with van der Waals surface area (Å²) in [6.07, 6.45) is -1.61. The zero-order valence-corrected chi connectivity index (χ0v) is 14.9. The van der Waals surface area contributed by atoms with E-state index in [1.54, 1.807) is 32.9 Å². The Kier molecular flexibility index (Phi) is 5.57. The maximum atomic E-state index is 12.6. The Morgan fingerprint density at radius 3 is 2.28 bits per heavy atom. The molecule has 0 amide bonds. The van der Waals surface area contributed by atoms with Crippen LogP contribution in [-0.4, -0.2) is 24.8 Å². The van der Waals surface area contributed by atoms with Crippen LogP contribution in [0.4, 0.5) is 0 Å². The molecule has 1 unspecified atom stereocenters. The molecule has 0 spiro atoms. The minimum absolute atomic E-state index is 0.457. The van der Waals surface area contributed by atoms with Crippen molar-refractivity contribution in [1.82, 2.24) is 0 Å². The molecule has 0 saturated carbocycles. The number of hydrogen-bond donors (Lipinski definition) is 0. The van der Waals surface area contributed by atoms with Crippen molar-refractivity contribution in [3.05, 3.63) is 48.0 Å². The molecule has 5 heteroatoms. The van der Waals surface area contributed by atoms with Crippen molar-refractivity contribution in [3.8, 4) is 0 Å². The Balaban J connectivity index is 2.48. The largest absolute Gasteiger partial charge is 0.469 e. The number of methoxy groups -OCH3 is 1. The van der Waals surface area contributed by atoms with Gasteiger partial charge in [-0.15, -0.1) is 0 Å². The summed E-state index contributed by atoms with van der Waals surface area (Å²) in [4.78, 5) is 36.5. The van der Waals surface area contributed by atoms with Gasteiger partial charge in [-0.2, -0.15) is 0 Å². The normalized spacial score (nSPS) is 12.5. The predicted octanol–water partition coefficient (Wildman–Crippen LogP) is 3.60. The zero-order valence-electron chi connectivity index (χ0n) is 14.9. The van der Waals surface area contributed by atoms with Gasteiger partial charge in [-0.3, -0.25) is 14.4 Å². The second-order valence-electron chi connectivity index (χ2n) is 6.82. The van der Waals surface area contributed by atoms with E-state index < -0.39 is 35.7 Å². The van der Waals surface area contributed by atoms with E-state index in [9.17, 15) is 14.4 Å². The highest BCUT2D eigenvalue weighted by atomic mass is 16.6. The van der Waals surface area contributed by atoms with Crippen LogP contribution >= 0.6 is 0 Å². The smallest absolute Gasteiger partial charge is 0.313 e. The van der Waals surface area contributed by atoms with Crippen LogP contribution in [0, 0.1) is 5.41 Å². The van der Waals surface area contributed by atoms with Crippen LogP contribution in [0.2, 0.25) is 0 Å². The molecule has 2 aromatic carbocycles. The van der Waals surface area contributed by atoms with Crippen molar-refractivity contribution in [2.75, 3.05) is 7.11 Å². The summed E-state index contributed by atoms with van der Waals surface area (Å²) in [7, 11) is 1.21. The Morgan fingerprint density at radius 2 is 1.64 bits per heavy atom. The lowest BCUT2D eigenvalue weighted by atomic mass is 9.94. The van der Waals surface area contributed by atoms with Crippen LogP contribution in [0.5, 0.6) is 0 Å². The van der Waals surface area contributed by atoms with Crippen molar-refractivity contribution < 1.29 is 23.9 Å². The molecular weight excluding hydrogens is 320 g/mol. The van der Waals surface area contributed by atoms with Crippen LogP contribution in [0.1, 0.15) is 38.9 Å². The van der Waals surface area contributed by atoms with Crippen LogP contribution in [0.3, 0.4) is 0 Å². The van der Waals surface area contributed by atoms with Gasteiger partial charge in [0, 0.05) is 5.56 Å². The minimum atomic E-state index is -1.16. The highest BCUT2D eigenvalue weighted by molar-refractivity contribution is 6.01. The molecule has 132 valence electrons. The Labute approximate surface area is 146 Å². The van der Waals surface area contributed by atoms with Gasteiger partial charge in [0.1, 0.15) is 6.42 Å². The van der Waals surface area contributed by atoms with Crippen molar-refractivity contribution >= 4 is 28.5 Å². The van der Waals surface area contributed by atoms with E-state index in [1.807, 2.05) is 30.3 Å². The van der Waals surface area contributed by atoms with Gasteiger partial charge < -0.3 is 9.47 Å². The first-order valence-corrected chi connectivity index (χ1v) is 8.02. The maximum absolute atomic E-state index is 12.6. The fourth-order valence-electron chi connectivity index (χ4n) is 2.37. The van der Waals surface area contributed by atoms with Gasteiger partial charge in [-0.05, 0) is 31.5 Å². The Bertz CT molecular complexity index is 796. The summed E-state index contributed by atoms with van der Waals surface area (Å²) in [6.45, 7) is 5.13. The van der Waals surface area contributed by atoms with E-state index in [0.717, 1.165) is 10.8 Å². The number of carbonyl (C=O) groups is 3. The Morgan fingerprint density at radius 1 is 1.00 bits per heavy atom. The first-order chi connectivity index (χ1) is 11.7. The highest BCUT2D eigenvalue weighted by Crippen LogP contribution is 2.30. The molecule has 0 heterocycles. The fourth-order valence-corrected chi connectivity index (χ4v) is 2.37.